The standard InChI is InChI=1S/C28H24FN9/c29-23-21(19-12-17(13-31-14-19)16-38-10-2-1-3-11-38)15-33-26-22(23)25(36-37-26)28-34-24-20(6-9-32-27(24)35-28)18-4-7-30-8-5-18/h4-9,12-15H,1-3,10-11,16H2,(H,32,34,35)(H,33,36,37). The van der Waals surface area contributed by atoms with Gasteiger partial charge < -0.3 is 4.98 Å². The molecule has 1 saturated heterocycles. The fraction of sp³-hybridized carbons (Fsp3) is 0.214. The average Bonchev–Trinajstić information content (AvgIpc) is 3.59. The maximum absolute atomic E-state index is 16.1. The number of likely N-dealkylation sites (tertiary alicyclic amines) is 1. The fourth-order valence-corrected chi connectivity index (χ4v) is 5.21. The van der Waals surface area contributed by atoms with E-state index >= 15 is 4.39 Å². The van der Waals surface area contributed by atoms with Crippen molar-refractivity contribution in [1.82, 2.24) is 45.0 Å². The molecule has 0 radical (unpaired) electrons. The van der Waals surface area contributed by atoms with Crippen LogP contribution in [0.4, 0.5) is 4.39 Å². The highest BCUT2D eigenvalue weighted by molar-refractivity contribution is 5.96. The van der Waals surface area contributed by atoms with Gasteiger partial charge in [-0.3, -0.25) is 20.0 Å². The van der Waals surface area contributed by atoms with Crippen molar-refractivity contribution >= 4 is 22.2 Å². The van der Waals surface area contributed by atoms with Crippen LogP contribution in [0.3, 0.4) is 0 Å². The lowest BCUT2D eigenvalue weighted by Crippen LogP contribution is -2.29. The maximum Gasteiger partial charge on any atom is 0.161 e. The van der Waals surface area contributed by atoms with Gasteiger partial charge in [0, 0.05) is 60.4 Å². The van der Waals surface area contributed by atoms with Crippen molar-refractivity contribution in [2.45, 2.75) is 25.8 Å². The van der Waals surface area contributed by atoms with Gasteiger partial charge in [0.05, 0.1) is 5.39 Å². The first-order valence-electron chi connectivity index (χ1n) is 12.7. The first-order chi connectivity index (χ1) is 18.7. The van der Waals surface area contributed by atoms with Crippen molar-refractivity contribution in [1.29, 1.82) is 0 Å². The third-order valence-electron chi connectivity index (χ3n) is 7.09. The number of fused-ring (bicyclic) bond motifs is 2. The summed E-state index contributed by atoms with van der Waals surface area (Å²) in [6, 6.07) is 7.72. The Hall–Kier alpha value is -4.57. The smallest absolute Gasteiger partial charge is 0.161 e. The van der Waals surface area contributed by atoms with Gasteiger partial charge in [-0.05, 0) is 61.3 Å². The molecule has 10 heteroatoms. The molecule has 6 aromatic rings. The molecule has 6 aromatic heterocycles. The van der Waals surface area contributed by atoms with Gasteiger partial charge in [0.25, 0.3) is 0 Å². The van der Waals surface area contributed by atoms with Crippen molar-refractivity contribution in [3.63, 3.8) is 0 Å². The van der Waals surface area contributed by atoms with Gasteiger partial charge in [0.15, 0.2) is 17.1 Å². The second kappa shape index (κ2) is 9.38. The number of rotatable bonds is 5. The SMILES string of the molecule is Fc1c(-c2cncc(CN3CCCCC3)c2)cnc2[nH]nc(-c3nc4c(-c5ccncc5)ccnc4[nH]3)c12. The summed E-state index contributed by atoms with van der Waals surface area (Å²) in [5.74, 6) is -0.00600. The molecule has 1 aliphatic rings. The molecule has 2 N–H and O–H groups in total. The van der Waals surface area contributed by atoms with Crippen LogP contribution < -0.4 is 0 Å². The first-order valence-corrected chi connectivity index (χ1v) is 12.7. The maximum atomic E-state index is 16.1. The van der Waals surface area contributed by atoms with E-state index in [4.69, 9.17) is 4.98 Å². The number of halogens is 1. The van der Waals surface area contributed by atoms with Gasteiger partial charge in [-0.1, -0.05) is 6.42 Å². The van der Waals surface area contributed by atoms with Crippen molar-refractivity contribution in [2.24, 2.45) is 0 Å². The van der Waals surface area contributed by atoms with Crippen molar-refractivity contribution in [3.05, 3.63) is 72.8 Å². The highest BCUT2D eigenvalue weighted by Gasteiger charge is 2.22. The van der Waals surface area contributed by atoms with Crippen LogP contribution in [-0.2, 0) is 6.54 Å². The Morgan fingerprint density at radius 3 is 2.58 bits per heavy atom. The molecule has 0 aromatic carbocycles. The number of nitrogens with zero attached hydrogens (tertiary/aromatic N) is 7. The Kier molecular flexibility index (Phi) is 5.58. The Bertz CT molecular complexity index is 1750. The Labute approximate surface area is 217 Å². The third kappa shape index (κ3) is 3.99. The number of hydrogen-bond donors (Lipinski definition) is 2. The molecule has 1 aliphatic heterocycles. The molecule has 0 saturated carbocycles. The summed E-state index contributed by atoms with van der Waals surface area (Å²) in [6.07, 6.45) is 14.0. The van der Waals surface area contributed by atoms with Gasteiger partial charge in [-0.25, -0.2) is 19.3 Å². The summed E-state index contributed by atoms with van der Waals surface area (Å²) in [6.45, 7) is 2.97. The zero-order valence-electron chi connectivity index (χ0n) is 20.5. The zero-order chi connectivity index (χ0) is 25.5. The van der Waals surface area contributed by atoms with Gasteiger partial charge in [-0.2, -0.15) is 5.10 Å². The van der Waals surface area contributed by atoms with Crippen LogP contribution >= 0.6 is 0 Å². The number of hydrogen-bond acceptors (Lipinski definition) is 7. The monoisotopic (exact) mass is 505 g/mol. The fourth-order valence-electron chi connectivity index (χ4n) is 5.21. The second-order valence-electron chi connectivity index (χ2n) is 9.58. The van der Waals surface area contributed by atoms with E-state index in [1.54, 1.807) is 24.8 Å². The Morgan fingerprint density at radius 2 is 1.71 bits per heavy atom. The zero-order valence-corrected chi connectivity index (χ0v) is 20.5. The lowest BCUT2D eigenvalue weighted by atomic mass is 10.0. The molecule has 0 spiro atoms. The largest absolute Gasteiger partial charge is 0.321 e. The topological polar surface area (TPSA) is 112 Å². The predicted molar refractivity (Wildman–Crippen MR) is 142 cm³/mol. The first kappa shape index (κ1) is 22.6. The molecule has 7 heterocycles. The molecule has 9 nitrogen and oxygen atoms in total. The number of nitrogens with one attached hydrogen (secondary N) is 2. The summed E-state index contributed by atoms with van der Waals surface area (Å²) in [5, 5.41) is 7.49. The van der Waals surface area contributed by atoms with E-state index in [1.165, 1.54) is 25.5 Å². The van der Waals surface area contributed by atoms with E-state index in [2.05, 4.69) is 40.0 Å². The normalized spacial score (nSPS) is 14.4. The predicted octanol–water partition coefficient (Wildman–Crippen LogP) is 5.15. The molecule has 0 amide bonds. The van der Waals surface area contributed by atoms with E-state index in [0.29, 0.717) is 39.5 Å². The van der Waals surface area contributed by atoms with Crippen LogP contribution in [0.5, 0.6) is 0 Å². The van der Waals surface area contributed by atoms with Crippen LogP contribution in [0, 0.1) is 5.82 Å². The van der Waals surface area contributed by atoms with Crippen molar-refractivity contribution < 1.29 is 4.39 Å². The van der Waals surface area contributed by atoms with Crippen molar-refractivity contribution in [2.75, 3.05) is 13.1 Å². The minimum Gasteiger partial charge on any atom is -0.321 e. The van der Waals surface area contributed by atoms with Crippen LogP contribution in [0.2, 0.25) is 0 Å². The van der Waals surface area contributed by atoms with E-state index < -0.39 is 5.82 Å². The van der Waals surface area contributed by atoms with E-state index in [0.717, 1.165) is 36.3 Å². The molecule has 0 atom stereocenters. The number of imidazole rings is 1. The van der Waals surface area contributed by atoms with Gasteiger partial charge in [0.1, 0.15) is 17.0 Å². The minimum atomic E-state index is -0.418. The summed E-state index contributed by atoms with van der Waals surface area (Å²) in [5.41, 5.74) is 5.94. The molecular weight excluding hydrogens is 481 g/mol. The van der Waals surface area contributed by atoms with Crippen LogP contribution in [-0.4, -0.2) is 58.1 Å². The lowest BCUT2D eigenvalue weighted by Gasteiger charge is -2.26. The Morgan fingerprint density at radius 1 is 0.842 bits per heavy atom. The third-order valence-corrected chi connectivity index (χ3v) is 7.09. The quantitative estimate of drug-likeness (QED) is 0.333. The highest BCUT2D eigenvalue weighted by Crippen LogP contribution is 2.34. The van der Waals surface area contributed by atoms with Crippen LogP contribution in [0.15, 0.2) is 61.4 Å². The van der Waals surface area contributed by atoms with E-state index in [-0.39, 0.29) is 5.39 Å². The molecule has 7 rings (SSSR count). The summed E-state index contributed by atoms with van der Waals surface area (Å²) >= 11 is 0. The molecule has 0 aliphatic carbocycles. The second-order valence-corrected chi connectivity index (χ2v) is 9.58. The summed E-state index contributed by atoms with van der Waals surface area (Å²) in [7, 11) is 0. The molecule has 1 fully saturated rings. The van der Waals surface area contributed by atoms with Gasteiger partial charge in [0.2, 0.25) is 0 Å². The summed E-state index contributed by atoms with van der Waals surface area (Å²) in [4.78, 5) is 27.8. The van der Waals surface area contributed by atoms with Gasteiger partial charge in [-0.15, -0.1) is 0 Å². The number of aromatic amines is 2. The molecule has 38 heavy (non-hydrogen) atoms. The number of pyridine rings is 4. The van der Waals surface area contributed by atoms with Crippen LogP contribution in [0.25, 0.3) is 56.0 Å². The van der Waals surface area contributed by atoms with Gasteiger partial charge >= 0.3 is 0 Å². The minimum absolute atomic E-state index is 0.272. The van der Waals surface area contributed by atoms with Crippen LogP contribution in [0.1, 0.15) is 24.8 Å². The van der Waals surface area contributed by atoms with Crippen molar-refractivity contribution in [3.8, 4) is 33.8 Å². The molecular formula is C28H24FN9. The lowest BCUT2D eigenvalue weighted by molar-refractivity contribution is 0.220. The molecule has 0 bridgehead atoms. The number of H-pyrrole nitrogens is 2. The molecule has 188 valence electrons. The summed E-state index contributed by atoms with van der Waals surface area (Å²) < 4.78 is 16.1. The van der Waals surface area contributed by atoms with E-state index in [9.17, 15) is 0 Å². The number of piperidine rings is 1. The number of aromatic nitrogens is 8. The average molecular weight is 506 g/mol. The molecule has 0 unspecified atom stereocenters. The highest BCUT2D eigenvalue weighted by atomic mass is 19.1. The van der Waals surface area contributed by atoms with E-state index in [1.807, 2.05) is 30.5 Å². The Balaban J connectivity index is 1.29.